The second kappa shape index (κ2) is 12.1. The van der Waals surface area contributed by atoms with Crippen molar-refractivity contribution in [3.8, 4) is 0 Å². The van der Waals surface area contributed by atoms with Crippen molar-refractivity contribution in [3.05, 3.63) is 83.8 Å². The third-order valence-corrected chi connectivity index (χ3v) is 7.25. The maximum absolute atomic E-state index is 15.4. The molecule has 0 unspecified atom stereocenters. The second-order valence-electron chi connectivity index (χ2n) is 9.24. The third-order valence-electron chi connectivity index (χ3n) is 7.25. The van der Waals surface area contributed by atoms with E-state index in [0.29, 0.717) is 5.56 Å². The van der Waals surface area contributed by atoms with E-state index < -0.39 is 0 Å². The molecular formula is C32H39FN3+. The van der Waals surface area contributed by atoms with Crippen LogP contribution in [0.25, 0.3) is 33.8 Å². The van der Waals surface area contributed by atoms with Gasteiger partial charge in [-0.15, -0.1) is 0 Å². The zero-order valence-corrected chi connectivity index (χ0v) is 22.2. The Morgan fingerprint density at radius 2 is 1.58 bits per heavy atom. The van der Waals surface area contributed by atoms with Gasteiger partial charge in [0.05, 0.1) is 5.39 Å². The van der Waals surface area contributed by atoms with Crippen molar-refractivity contribution in [1.29, 1.82) is 0 Å². The largest absolute Gasteiger partial charge is 0.372 e. The molecule has 0 aliphatic rings. The van der Waals surface area contributed by atoms with Crippen LogP contribution in [0, 0.1) is 5.82 Å². The zero-order chi connectivity index (χ0) is 25.5. The first-order valence-electron chi connectivity index (χ1n) is 13.4. The molecule has 4 aromatic rings. The predicted molar refractivity (Wildman–Crippen MR) is 153 cm³/mol. The normalized spacial score (nSPS) is 11.8. The zero-order valence-electron chi connectivity index (χ0n) is 22.2. The predicted octanol–water partition coefficient (Wildman–Crippen LogP) is 7.17. The first-order chi connectivity index (χ1) is 17.6. The highest BCUT2D eigenvalue weighted by Crippen LogP contribution is 2.27. The minimum absolute atomic E-state index is 0.183. The van der Waals surface area contributed by atoms with E-state index in [4.69, 9.17) is 0 Å². The summed E-state index contributed by atoms with van der Waals surface area (Å²) in [6.07, 6.45) is 6.65. The number of benzene rings is 3. The molecule has 0 saturated heterocycles. The molecule has 0 saturated carbocycles. The summed E-state index contributed by atoms with van der Waals surface area (Å²) in [7, 11) is 0. The average Bonchev–Trinajstić information content (AvgIpc) is 2.91. The number of hydrogen-bond acceptors (Lipinski definition) is 2. The first kappa shape index (κ1) is 25.8. The van der Waals surface area contributed by atoms with Crippen LogP contribution < -0.4 is 9.47 Å². The van der Waals surface area contributed by atoms with Gasteiger partial charge in [0.25, 0.3) is 0 Å². The van der Waals surface area contributed by atoms with E-state index in [2.05, 4.69) is 90.6 Å². The Kier molecular flexibility index (Phi) is 8.71. The van der Waals surface area contributed by atoms with Crippen LogP contribution in [0.3, 0.4) is 0 Å². The molecule has 0 N–H and O–H groups in total. The van der Waals surface area contributed by atoms with E-state index in [-0.39, 0.29) is 5.82 Å². The van der Waals surface area contributed by atoms with E-state index in [1.54, 1.807) is 6.20 Å². The number of pyridine rings is 1. The van der Waals surface area contributed by atoms with E-state index in [9.17, 15) is 0 Å². The van der Waals surface area contributed by atoms with Gasteiger partial charge in [-0.2, -0.15) is 8.96 Å². The van der Waals surface area contributed by atoms with Crippen molar-refractivity contribution in [2.45, 2.75) is 40.7 Å². The Labute approximate surface area is 215 Å². The number of anilines is 1. The highest BCUT2D eigenvalue weighted by Gasteiger charge is 2.17. The lowest BCUT2D eigenvalue weighted by Gasteiger charge is -2.21. The lowest BCUT2D eigenvalue weighted by Crippen LogP contribution is -2.37. The van der Waals surface area contributed by atoms with Crippen LogP contribution in [0.4, 0.5) is 10.1 Å². The van der Waals surface area contributed by atoms with Crippen molar-refractivity contribution in [2.75, 3.05) is 37.6 Å². The van der Waals surface area contributed by atoms with E-state index in [0.717, 1.165) is 62.2 Å². The Morgan fingerprint density at radius 3 is 2.33 bits per heavy atom. The summed E-state index contributed by atoms with van der Waals surface area (Å²) in [5, 5.41) is 3.32. The summed E-state index contributed by atoms with van der Waals surface area (Å²) in [4.78, 5) is 4.76. The number of nitrogens with zero attached hydrogens (tertiary/aromatic N) is 3. The van der Waals surface area contributed by atoms with Crippen LogP contribution in [-0.4, -0.2) is 37.6 Å². The molecule has 3 nitrogen and oxygen atoms in total. The molecule has 36 heavy (non-hydrogen) atoms. The van der Waals surface area contributed by atoms with Gasteiger partial charge in [-0.3, -0.25) is 0 Å². The SMILES string of the molecule is CCN(CC)CCC[n+]1cc(F)c(/C=C/c2cccc3cc(N(CC)CC)ccc23)c2ccccc21. The first-order valence-corrected chi connectivity index (χ1v) is 13.4. The van der Waals surface area contributed by atoms with Gasteiger partial charge < -0.3 is 9.80 Å². The molecule has 4 heteroatoms. The molecule has 0 aliphatic carbocycles. The van der Waals surface area contributed by atoms with Crippen molar-refractivity contribution in [3.63, 3.8) is 0 Å². The van der Waals surface area contributed by atoms with Gasteiger partial charge in [0.1, 0.15) is 6.54 Å². The highest BCUT2D eigenvalue weighted by molar-refractivity contribution is 5.96. The number of hydrogen-bond donors (Lipinski definition) is 0. The topological polar surface area (TPSA) is 10.4 Å². The Bertz CT molecular complexity index is 1340. The molecule has 1 aromatic heterocycles. The lowest BCUT2D eigenvalue weighted by molar-refractivity contribution is -0.673. The average molecular weight is 485 g/mol. The molecule has 188 valence electrons. The van der Waals surface area contributed by atoms with Gasteiger partial charge in [0.2, 0.25) is 11.7 Å². The Hall–Kier alpha value is -3.24. The molecule has 0 amide bonds. The molecule has 0 bridgehead atoms. The van der Waals surface area contributed by atoms with Crippen LogP contribution in [-0.2, 0) is 6.54 Å². The Morgan fingerprint density at radius 1 is 0.806 bits per heavy atom. The number of aromatic nitrogens is 1. The van der Waals surface area contributed by atoms with Gasteiger partial charge in [0, 0.05) is 43.4 Å². The van der Waals surface area contributed by atoms with Crippen molar-refractivity contribution in [1.82, 2.24) is 4.90 Å². The molecular weight excluding hydrogens is 445 g/mol. The molecule has 0 aliphatic heterocycles. The molecule has 0 spiro atoms. The fourth-order valence-corrected chi connectivity index (χ4v) is 5.12. The maximum atomic E-state index is 15.4. The Balaban J connectivity index is 1.66. The number of fused-ring (bicyclic) bond motifs is 2. The van der Waals surface area contributed by atoms with Crippen LogP contribution >= 0.6 is 0 Å². The second-order valence-corrected chi connectivity index (χ2v) is 9.24. The van der Waals surface area contributed by atoms with Crippen molar-refractivity contribution >= 4 is 39.5 Å². The van der Waals surface area contributed by atoms with Crippen molar-refractivity contribution < 1.29 is 8.96 Å². The maximum Gasteiger partial charge on any atom is 0.213 e. The monoisotopic (exact) mass is 484 g/mol. The summed E-state index contributed by atoms with van der Waals surface area (Å²) in [6, 6.07) is 21.1. The summed E-state index contributed by atoms with van der Waals surface area (Å²) in [5.74, 6) is -0.183. The summed E-state index contributed by atoms with van der Waals surface area (Å²) in [6.45, 7) is 14.6. The van der Waals surface area contributed by atoms with Gasteiger partial charge in [-0.25, -0.2) is 0 Å². The summed E-state index contributed by atoms with van der Waals surface area (Å²) < 4.78 is 17.5. The quantitative estimate of drug-likeness (QED) is 0.209. The van der Waals surface area contributed by atoms with Gasteiger partial charge in [-0.05, 0) is 61.5 Å². The van der Waals surface area contributed by atoms with Crippen molar-refractivity contribution in [2.24, 2.45) is 0 Å². The van der Waals surface area contributed by atoms with E-state index in [1.807, 2.05) is 24.3 Å². The molecule has 0 atom stereocenters. The minimum Gasteiger partial charge on any atom is -0.372 e. The minimum atomic E-state index is -0.183. The van der Waals surface area contributed by atoms with Crippen LogP contribution in [0.15, 0.2) is 66.9 Å². The molecule has 0 radical (unpaired) electrons. The van der Waals surface area contributed by atoms with Gasteiger partial charge in [-0.1, -0.05) is 62.4 Å². The number of halogens is 1. The van der Waals surface area contributed by atoms with E-state index in [1.165, 1.54) is 16.5 Å². The van der Waals surface area contributed by atoms with Crippen LogP contribution in [0.5, 0.6) is 0 Å². The molecule has 3 aromatic carbocycles. The number of aryl methyl sites for hydroxylation is 1. The van der Waals surface area contributed by atoms with Gasteiger partial charge >= 0.3 is 0 Å². The lowest BCUT2D eigenvalue weighted by atomic mass is 10.0. The van der Waals surface area contributed by atoms with E-state index >= 15 is 4.39 Å². The van der Waals surface area contributed by atoms with Gasteiger partial charge in [0.15, 0.2) is 5.82 Å². The van der Waals surface area contributed by atoms with Crippen LogP contribution in [0.2, 0.25) is 0 Å². The highest BCUT2D eigenvalue weighted by atomic mass is 19.1. The molecule has 4 rings (SSSR count). The number of rotatable bonds is 11. The summed E-state index contributed by atoms with van der Waals surface area (Å²) in [5.41, 5.74) is 4.04. The fraction of sp³-hybridized carbons (Fsp3) is 0.344. The van der Waals surface area contributed by atoms with Crippen LogP contribution in [0.1, 0.15) is 45.2 Å². The third kappa shape index (κ3) is 5.60. The molecule has 1 heterocycles. The summed E-state index contributed by atoms with van der Waals surface area (Å²) >= 11 is 0. The standard InChI is InChI=1S/C32H39FN3/c1-5-34(6-2)21-12-22-36-24-31(33)29(30-15-9-10-16-32(30)36)19-17-25-13-11-14-26-23-27(18-20-28(25)26)35(7-3)8-4/h9-11,13-20,23-24H,5-8,12,21-22H2,1-4H3/q+1/b19-17+. The fourth-order valence-electron chi connectivity index (χ4n) is 5.12. The number of para-hydroxylation sites is 1. The molecule has 0 fully saturated rings. The smallest absolute Gasteiger partial charge is 0.213 e.